The lowest BCUT2D eigenvalue weighted by atomic mass is 10.0. The summed E-state index contributed by atoms with van der Waals surface area (Å²) in [7, 11) is 2.13. The Morgan fingerprint density at radius 1 is 1.18 bits per heavy atom. The number of nitrogens with zero attached hydrogens (tertiary/aromatic N) is 5. The normalized spacial score (nSPS) is 15.2. The van der Waals surface area contributed by atoms with Crippen molar-refractivity contribution in [3.05, 3.63) is 54.6 Å². The number of piperidine rings is 1. The number of rotatable bonds is 6. The number of benzene rings is 1. The van der Waals surface area contributed by atoms with Gasteiger partial charge in [-0.3, -0.25) is 14.6 Å². The van der Waals surface area contributed by atoms with E-state index in [-0.39, 0.29) is 11.6 Å². The molecule has 176 valence electrons. The van der Waals surface area contributed by atoms with Crippen LogP contribution in [0.15, 0.2) is 48.9 Å². The first-order valence-corrected chi connectivity index (χ1v) is 10.9. The SMILES string of the molecule is CN1CCC(n2cc(-c3ccc4[nH]nc(C(=O)Nc5ccc(OC(F)F)nc5)c4c3)cn2)CC1. The summed E-state index contributed by atoms with van der Waals surface area (Å²) in [6, 6.07) is 8.81. The lowest BCUT2D eigenvalue weighted by molar-refractivity contribution is -0.0528. The third-order valence-corrected chi connectivity index (χ3v) is 5.98. The summed E-state index contributed by atoms with van der Waals surface area (Å²) in [4.78, 5) is 18.9. The summed E-state index contributed by atoms with van der Waals surface area (Å²) in [6.07, 6.45) is 7.26. The number of likely N-dealkylation sites (tertiary alicyclic amines) is 1. The molecule has 3 aromatic heterocycles. The fourth-order valence-corrected chi connectivity index (χ4v) is 4.12. The van der Waals surface area contributed by atoms with Crippen molar-refractivity contribution >= 4 is 22.5 Å². The van der Waals surface area contributed by atoms with Gasteiger partial charge in [0.1, 0.15) is 0 Å². The molecule has 1 amide bonds. The molecule has 0 atom stereocenters. The zero-order valence-corrected chi connectivity index (χ0v) is 18.4. The van der Waals surface area contributed by atoms with E-state index in [4.69, 9.17) is 0 Å². The average Bonchev–Trinajstić information content (AvgIpc) is 3.48. The molecule has 1 aliphatic rings. The van der Waals surface area contributed by atoms with Crippen LogP contribution in [0.1, 0.15) is 29.4 Å². The maximum Gasteiger partial charge on any atom is 0.388 e. The molecule has 0 unspecified atom stereocenters. The molecule has 0 saturated carbocycles. The summed E-state index contributed by atoms with van der Waals surface area (Å²) in [6.45, 7) is -0.859. The van der Waals surface area contributed by atoms with Gasteiger partial charge in [-0.1, -0.05) is 6.07 Å². The van der Waals surface area contributed by atoms with Crippen molar-refractivity contribution in [3.8, 4) is 17.0 Å². The van der Waals surface area contributed by atoms with Crippen molar-refractivity contribution in [2.24, 2.45) is 0 Å². The number of H-pyrrole nitrogens is 1. The first-order chi connectivity index (χ1) is 16.5. The number of ether oxygens (including phenoxy) is 1. The molecular weight excluding hydrogens is 444 g/mol. The summed E-state index contributed by atoms with van der Waals surface area (Å²) in [5.74, 6) is -0.682. The summed E-state index contributed by atoms with van der Waals surface area (Å²) in [5, 5.41) is 15.0. The van der Waals surface area contributed by atoms with Crippen LogP contribution < -0.4 is 10.1 Å². The van der Waals surface area contributed by atoms with Crippen LogP contribution in [0.4, 0.5) is 14.5 Å². The summed E-state index contributed by atoms with van der Waals surface area (Å²) >= 11 is 0. The first kappa shape index (κ1) is 22.0. The Bertz CT molecular complexity index is 1290. The molecule has 2 N–H and O–H groups in total. The van der Waals surface area contributed by atoms with Crippen LogP contribution in [0.25, 0.3) is 22.0 Å². The van der Waals surface area contributed by atoms with Gasteiger partial charge >= 0.3 is 6.61 Å². The number of alkyl halides is 2. The molecule has 11 heteroatoms. The number of fused-ring (bicyclic) bond motifs is 1. The summed E-state index contributed by atoms with van der Waals surface area (Å²) in [5.41, 5.74) is 3.16. The number of amides is 1. The Kier molecular flexibility index (Phi) is 5.93. The molecule has 0 aliphatic carbocycles. The fraction of sp³-hybridized carbons (Fsp3) is 0.304. The topological polar surface area (TPSA) is 101 Å². The number of nitrogens with one attached hydrogen (secondary N) is 2. The van der Waals surface area contributed by atoms with E-state index < -0.39 is 12.5 Å². The van der Waals surface area contributed by atoms with Crippen molar-refractivity contribution in [1.82, 2.24) is 29.9 Å². The van der Waals surface area contributed by atoms with Gasteiger partial charge in [-0.05, 0) is 56.7 Å². The average molecular weight is 467 g/mol. The van der Waals surface area contributed by atoms with Crippen molar-refractivity contribution < 1.29 is 18.3 Å². The van der Waals surface area contributed by atoms with Gasteiger partial charge < -0.3 is 15.0 Å². The van der Waals surface area contributed by atoms with Crippen LogP contribution >= 0.6 is 0 Å². The first-order valence-electron chi connectivity index (χ1n) is 10.9. The van der Waals surface area contributed by atoms with Crippen molar-refractivity contribution in [1.29, 1.82) is 0 Å². The largest absolute Gasteiger partial charge is 0.417 e. The van der Waals surface area contributed by atoms with Crippen LogP contribution in [0, 0.1) is 0 Å². The second kappa shape index (κ2) is 9.18. The lowest BCUT2D eigenvalue weighted by Gasteiger charge is -2.28. The number of halogens is 2. The molecule has 4 heterocycles. The van der Waals surface area contributed by atoms with Gasteiger partial charge in [0.15, 0.2) is 5.69 Å². The van der Waals surface area contributed by atoms with E-state index in [1.54, 1.807) is 0 Å². The number of carbonyl (C=O) groups excluding carboxylic acids is 1. The van der Waals surface area contributed by atoms with Gasteiger partial charge in [0, 0.05) is 23.2 Å². The molecule has 34 heavy (non-hydrogen) atoms. The van der Waals surface area contributed by atoms with Gasteiger partial charge in [0.2, 0.25) is 5.88 Å². The summed E-state index contributed by atoms with van der Waals surface area (Å²) < 4.78 is 30.8. The minimum Gasteiger partial charge on any atom is -0.417 e. The molecule has 4 aromatic rings. The van der Waals surface area contributed by atoms with E-state index in [1.165, 1.54) is 18.3 Å². The van der Waals surface area contributed by atoms with E-state index in [0.717, 1.165) is 42.6 Å². The minimum absolute atomic E-state index is 0.215. The van der Waals surface area contributed by atoms with Gasteiger partial charge in [0.25, 0.3) is 5.91 Å². The second-order valence-corrected chi connectivity index (χ2v) is 8.29. The second-order valence-electron chi connectivity index (χ2n) is 8.29. The Morgan fingerprint density at radius 2 is 2.00 bits per heavy atom. The maximum atomic E-state index is 12.8. The van der Waals surface area contributed by atoms with Crippen LogP contribution in [0.5, 0.6) is 5.88 Å². The number of aromatic amines is 1. The highest BCUT2D eigenvalue weighted by atomic mass is 19.3. The highest BCUT2D eigenvalue weighted by Crippen LogP contribution is 2.28. The lowest BCUT2D eigenvalue weighted by Crippen LogP contribution is -2.31. The zero-order valence-electron chi connectivity index (χ0n) is 18.4. The predicted octanol–water partition coefficient (Wildman–Crippen LogP) is 3.94. The van der Waals surface area contributed by atoms with E-state index in [9.17, 15) is 13.6 Å². The number of hydrogen-bond donors (Lipinski definition) is 2. The molecule has 1 fully saturated rings. The molecule has 0 bridgehead atoms. The number of carbonyl (C=O) groups is 1. The van der Waals surface area contributed by atoms with Crippen LogP contribution in [0.2, 0.25) is 0 Å². The van der Waals surface area contributed by atoms with Gasteiger partial charge in [-0.15, -0.1) is 0 Å². The van der Waals surface area contributed by atoms with Crippen LogP contribution in [-0.4, -0.2) is 62.5 Å². The molecule has 0 radical (unpaired) electrons. The van der Waals surface area contributed by atoms with Crippen molar-refractivity contribution in [3.63, 3.8) is 0 Å². The zero-order chi connectivity index (χ0) is 23.7. The van der Waals surface area contributed by atoms with Gasteiger partial charge in [-0.25, -0.2) is 4.98 Å². The van der Waals surface area contributed by atoms with E-state index in [0.29, 0.717) is 17.1 Å². The molecule has 0 spiro atoms. The number of hydrogen-bond acceptors (Lipinski definition) is 6. The van der Waals surface area contributed by atoms with Crippen LogP contribution in [0.3, 0.4) is 0 Å². The quantitative estimate of drug-likeness (QED) is 0.446. The van der Waals surface area contributed by atoms with E-state index in [2.05, 4.69) is 42.3 Å². The number of anilines is 1. The van der Waals surface area contributed by atoms with Crippen molar-refractivity contribution in [2.45, 2.75) is 25.5 Å². The molecule has 9 nitrogen and oxygen atoms in total. The smallest absolute Gasteiger partial charge is 0.388 e. The van der Waals surface area contributed by atoms with Crippen molar-refractivity contribution in [2.75, 3.05) is 25.5 Å². The monoisotopic (exact) mass is 467 g/mol. The third-order valence-electron chi connectivity index (χ3n) is 5.98. The molecule has 1 aromatic carbocycles. The standard InChI is InChI=1S/C23H23F2N7O2/c1-31-8-6-17(7-9-31)32-13-15(11-27-32)14-2-4-19-18(10-14)21(30-29-19)22(33)28-16-3-5-20(26-12-16)34-23(24)25/h2-5,10-13,17,23H,6-9H2,1H3,(H,28,33)(H,29,30). The number of pyridine rings is 1. The molecule has 5 rings (SSSR count). The molecular formula is C23H23F2N7O2. The Balaban J connectivity index is 1.34. The Morgan fingerprint density at radius 3 is 2.74 bits per heavy atom. The van der Waals surface area contributed by atoms with Crippen LogP contribution in [-0.2, 0) is 0 Å². The predicted molar refractivity (Wildman–Crippen MR) is 122 cm³/mol. The van der Waals surface area contributed by atoms with Gasteiger partial charge in [0.05, 0.1) is 29.6 Å². The number of aromatic nitrogens is 5. The van der Waals surface area contributed by atoms with Gasteiger partial charge in [-0.2, -0.15) is 19.0 Å². The third kappa shape index (κ3) is 4.60. The van der Waals surface area contributed by atoms with E-state index in [1.807, 2.05) is 35.3 Å². The molecule has 1 aliphatic heterocycles. The highest BCUT2D eigenvalue weighted by molar-refractivity contribution is 6.11. The highest BCUT2D eigenvalue weighted by Gasteiger charge is 2.20. The Labute approximate surface area is 193 Å². The maximum absolute atomic E-state index is 12.8. The minimum atomic E-state index is -2.96. The van der Waals surface area contributed by atoms with E-state index >= 15 is 0 Å². The molecule has 1 saturated heterocycles. The fourth-order valence-electron chi connectivity index (χ4n) is 4.12. The Hall–Kier alpha value is -3.86.